The maximum Gasteiger partial charge on any atom is 0.290 e. The van der Waals surface area contributed by atoms with Crippen LogP contribution < -0.4 is 5.48 Å². The minimum Gasteiger partial charge on any atom is -0.459 e. The molecule has 3 N–H and O–H groups in total. The maximum absolute atomic E-state index is 13.4. The van der Waals surface area contributed by atoms with E-state index in [-0.39, 0.29) is 11.9 Å². The number of aromatic amines is 1. The van der Waals surface area contributed by atoms with Gasteiger partial charge < -0.3 is 14.3 Å². The summed E-state index contributed by atoms with van der Waals surface area (Å²) in [4.78, 5) is 30.0. The summed E-state index contributed by atoms with van der Waals surface area (Å²) in [7, 11) is 0. The molecule has 7 heteroatoms. The molecule has 2 aromatic heterocycles. The summed E-state index contributed by atoms with van der Waals surface area (Å²) in [5.74, 6) is -0.362. The van der Waals surface area contributed by atoms with E-state index in [0.29, 0.717) is 12.3 Å². The Hall–Kier alpha value is -4.10. The highest BCUT2D eigenvalue weighted by atomic mass is 16.5. The number of carbonyl (C=O) groups is 2. The number of rotatable bonds is 7. The summed E-state index contributed by atoms with van der Waals surface area (Å²) in [6.07, 6.45) is 8.85. The van der Waals surface area contributed by atoms with Gasteiger partial charge in [-0.15, -0.1) is 0 Å². The quantitative estimate of drug-likeness (QED) is 0.215. The fraction of sp³-hybridized carbons (Fsp3) is 0.185. The molecule has 1 aliphatic rings. The molecule has 34 heavy (non-hydrogen) atoms. The van der Waals surface area contributed by atoms with Crippen molar-refractivity contribution in [1.29, 1.82) is 0 Å². The third-order valence-corrected chi connectivity index (χ3v) is 6.42. The normalized spacial score (nSPS) is 15.0. The first-order chi connectivity index (χ1) is 16.6. The first kappa shape index (κ1) is 21.7. The Morgan fingerprint density at radius 1 is 1.18 bits per heavy atom. The number of furan rings is 1. The van der Waals surface area contributed by atoms with Crippen molar-refractivity contribution in [2.45, 2.75) is 25.3 Å². The lowest BCUT2D eigenvalue weighted by molar-refractivity contribution is -0.124. The van der Waals surface area contributed by atoms with Gasteiger partial charge in [-0.3, -0.25) is 14.8 Å². The molecule has 2 heterocycles. The average Bonchev–Trinajstić information content (AvgIpc) is 3.63. The molecule has 1 unspecified atom stereocenters. The van der Waals surface area contributed by atoms with Crippen LogP contribution in [0.15, 0.2) is 77.6 Å². The highest BCUT2D eigenvalue weighted by molar-refractivity contribution is 5.92. The summed E-state index contributed by atoms with van der Waals surface area (Å²) >= 11 is 0. The molecule has 0 saturated heterocycles. The van der Waals surface area contributed by atoms with Crippen molar-refractivity contribution < 1.29 is 19.2 Å². The molecule has 5 rings (SSSR count). The molecule has 172 valence electrons. The standard InChI is InChI=1S/C27H25N3O4/c31-26(29-33)12-8-18-7-10-22-19(16-18)9-11-24(22)30(27(32)25-6-3-15-34-25)14-13-20-17-28-23-5-2-1-4-21(20)23/h1-8,10,12,15-17,24,28,33H,9,11,13-14H2,(H,29,31)/b12-8+. The van der Waals surface area contributed by atoms with Crippen molar-refractivity contribution in [3.8, 4) is 0 Å². The molecule has 1 aliphatic carbocycles. The minimum absolute atomic E-state index is 0.0587. The lowest BCUT2D eigenvalue weighted by Gasteiger charge is -2.29. The highest BCUT2D eigenvalue weighted by Gasteiger charge is 2.32. The molecular weight excluding hydrogens is 430 g/mol. The van der Waals surface area contributed by atoms with E-state index in [1.165, 1.54) is 23.3 Å². The van der Waals surface area contributed by atoms with Crippen LogP contribution in [0.4, 0.5) is 0 Å². The van der Waals surface area contributed by atoms with E-state index in [9.17, 15) is 9.59 Å². The Labute approximate surface area is 196 Å². The fourth-order valence-electron chi connectivity index (χ4n) is 4.77. The molecule has 7 nitrogen and oxygen atoms in total. The second kappa shape index (κ2) is 9.41. The van der Waals surface area contributed by atoms with Crippen LogP contribution in [0.1, 0.15) is 45.3 Å². The topological polar surface area (TPSA) is 98.6 Å². The zero-order chi connectivity index (χ0) is 23.5. The summed E-state index contributed by atoms with van der Waals surface area (Å²) in [5, 5.41) is 9.84. The van der Waals surface area contributed by atoms with Gasteiger partial charge in [-0.05, 0) is 65.8 Å². The van der Waals surface area contributed by atoms with Crippen molar-refractivity contribution >= 4 is 28.8 Å². The van der Waals surface area contributed by atoms with Crippen LogP contribution in [0, 0.1) is 0 Å². The van der Waals surface area contributed by atoms with Crippen LogP contribution in [0.25, 0.3) is 17.0 Å². The zero-order valence-electron chi connectivity index (χ0n) is 18.5. The van der Waals surface area contributed by atoms with E-state index >= 15 is 0 Å². The van der Waals surface area contributed by atoms with Crippen molar-refractivity contribution in [1.82, 2.24) is 15.4 Å². The summed E-state index contributed by atoms with van der Waals surface area (Å²) < 4.78 is 5.45. The Bertz CT molecular complexity index is 1350. The molecule has 2 aromatic carbocycles. The number of amides is 2. The molecule has 0 fully saturated rings. The molecule has 0 radical (unpaired) electrons. The first-order valence-electron chi connectivity index (χ1n) is 11.3. The van der Waals surface area contributed by atoms with E-state index in [0.717, 1.165) is 41.5 Å². The largest absolute Gasteiger partial charge is 0.459 e. The van der Waals surface area contributed by atoms with Crippen LogP contribution in [-0.2, 0) is 17.6 Å². The third kappa shape index (κ3) is 4.25. The number of benzene rings is 2. The van der Waals surface area contributed by atoms with Gasteiger partial charge in [0, 0.05) is 29.7 Å². The predicted octanol–water partition coefficient (Wildman–Crippen LogP) is 4.65. The van der Waals surface area contributed by atoms with Gasteiger partial charge in [0.05, 0.1) is 12.3 Å². The van der Waals surface area contributed by atoms with Gasteiger partial charge >= 0.3 is 0 Å². The average molecular weight is 456 g/mol. The van der Waals surface area contributed by atoms with Crippen LogP contribution in [0.5, 0.6) is 0 Å². The number of aryl methyl sites for hydroxylation is 1. The lowest BCUT2D eigenvalue weighted by Crippen LogP contribution is -2.35. The highest BCUT2D eigenvalue weighted by Crippen LogP contribution is 2.37. The molecule has 0 aliphatic heterocycles. The number of nitrogens with one attached hydrogen (secondary N) is 2. The lowest BCUT2D eigenvalue weighted by atomic mass is 10.0. The number of nitrogens with zero attached hydrogens (tertiary/aromatic N) is 1. The molecule has 1 atom stereocenters. The number of hydrogen-bond donors (Lipinski definition) is 3. The first-order valence-corrected chi connectivity index (χ1v) is 11.3. The Morgan fingerprint density at radius 3 is 2.88 bits per heavy atom. The number of H-pyrrole nitrogens is 1. The summed E-state index contributed by atoms with van der Waals surface area (Å²) in [5.41, 5.74) is 6.99. The number of hydroxylamine groups is 1. The van der Waals surface area contributed by atoms with Gasteiger partial charge in [0.2, 0.25) is 0 Å². The van der Waals surface area contributed by atoms with Crippen LogP contribution in [0.3, 0.4) is 0 Å². The van der Waals surface area contributed by atoms with E-state index in [2.05, 4.69) is 11.1 Å². The van der Waals surface area contributed by atoms with Crippen LogP contribution >= 0.6 is 0 Å². The Balaban J connectivity index is 1.42. The number of fused-ring (bicyclic) bond motifs is 2. The van der Waals surface area contributed by atoms with E-state index in [1.54, 1.807) is 23.7 Å². The summed E-state index contributed by atoms with van der Waals surface area (Å²) in [6.45, 7) is 0.559. The Morgan fingerprint density at radius 2 is 2.06 bits per heavy atom. The maximum atomic E-state index is 13.4. The molecule has 0 bridgehead atoms. The van der Waals surface area contributed by atoms with Gasteiger partial charge in [-0.1, -0.05) is 36.4 Å². The van der Waals surface area contributed by atoms with Gasteiger partial charge in [-0.25, -0.2) is 5.48 Å². The third-order valence-electron chi connectivity index (χ3n) is 6.42. The van der Waals surface area contributed by atoms with E-state index < -0.39 is 5.91 Å². The summed E-state index contributed by atoms with van der Waals surface area (Å²) in [6, 6.07) is 17.5. The van der Waals surface area contributed by atoms with Crippen molar-refractivity contribution in [3.63, 3.8) is 0 Å². The van der Waals surface area contributed by atoms with E-state index in [4.69, 9.17) is 9.62 Å². The molecular formula is C27H25N3O4. The molecule has 0 saturated carbocycles. The number of para-hydroxylation sites is 1. The Kier molecular flexibility index (Phi) is 6.01. The van der Waals surface area contributed by atoms with Crippen molar-refractivity contribution in [2.24, 2.45) is 0 Å². The van der Waals surface area contributed by atoms with Gasteiger partial charge in [0.1, 0.15) is 0 Å². The van der Waals surface area contributed by atoms with Gasteiger partial charge in [0.15, 0.2) is 5.76 Å². The van der Waals surface area contributed by atoms with Gasteiger partial charge in [0.25, 0.3) is 11.8 Å². The number of aromatic nitrogens is 1. The van der Waals surface area contributed by atoms with E-state index in [1.807, 2.05) is 47.5 Å². The minimum atomic E-state index is -0.578. The van der Waals surface area contributed by atoms with Crippen LogP contribution in [0.2, 0.25) is 0 Å². The fourth-order valence-corrected chi connectivity index (χ4v) is 4.77. The molecule has 2 amide bonds. The molecule has 4 aromatic rings. The second-order valence-electron chi connectivity index (χ2n) is 8.41. The monoisotopic (exact) mass is 455 g/mol. The molecule has 0 spiro atoms. The van der Waals surface area contributed by atoms with Crippen LogP contribution in [-0.4, -0.2) is 33.5 Å². The SMILES string of the molecule is O=C(/C=C/c1ccc2c(c1)CCC2N(CCc1c[nH]c2ccccc12)C(=O)c1ccco1)NO. The van der Waals surface area contributed by atoms with Crippen molar-refractivity contribution in [2.75, 3.05) is 6.54 Å². The van der Waals surface area contributed by atoms with Gasteiger partial charge in [-0.2, -0.15) is 0 Å². The second-order valence-corrected chi connectivity index (χ2v) is 8.41. The number of hydrogen-bond acceptors (Lipinski definition) is 4. The van der Waals surface area contributed by atoms with Crippen molar-refractivity contribution in [3.05, 3.63) is 101 Å². The zero-order valence-corrected chi connectivity index (χ0v) is 18.5. The smallest absolute Gasteiger partial charge is 0.290 e. The number of carbonyl (C=O) groups excluding carboxylic acids is 2. The predicted molar refractivity (Wildman–Crippen MR) is 128 cm³/mol.